The molecule has 7 atom stereocenters. The fraction of sp³-hybridized carbons (Fsp3) is 0.789. The maximum Gasteiger partial charge on any atom is 0.184 e. The van der Waals surface area contributed by atoms with E-state index < -0.39 is 12.2 Å². The van der Waals surface area contributed by atoms with E-state index >= 15 is 0 Å². The first kappa shape index (κ1) is 15.5. The molecule has 0 aromatic rings. The summed E-state index contributed by atoms with van der Waals surface area (Å²) >= 11 is 0. The van der Waals surface area contributed by atoms with Crippen LogP contribution in [0, 0.1) is 28.6 Å². The van der Waals surface area contributed by atoms with Crippen LogP contribution in [0.15, 0.2) is 11.6 Å². The average molecular weight is 318 g/mol. The summed E-state index contributed by atoms with van der Waals surface area (Å²) in [5, 5.41) is 20.2. The Balaban J connectivity index is 1.71. The van der Waals surface area contributed by atoms with Crippen molar-refractivity contribution in [1.82, 2.24) is 0 Å². The van der Waals surface area contributed by atoms with Crippen molar-refractivity contribution in [2.45, 2.75) is 64.6 Å². The first-order chi connectivity index (χ1) is 10.8. The number of allylic oxidation sites excluding steroid dienone is 1. The number of fused-ring (bicyclic) bond motifs is 5. The molecule has 3 saturated carbocycles. The summed E-state index contributed by atoms with van der Waals surface area (Å²) in [6, 6.07) is 0. The SMILES string of the molecule is C[C@]12C[C@H](O)C(=O)C=C1CC[C@@H]1[C@@H]2CC[C@]2(C)C(=O)[C@@H](O)C[C@@H]12. The van der Waals surface area contributed by atoms with Gasteiger partial charge in [-0.1, -0.05) is 19.4 Å². The van der Waals surface area contributed by atoms with Crippen molar-refractivity contribution in [3.05, 3.63) is 11.6 Å². The van der Waals surface area contributed by atoms with Crippen LogP contribution in [0.1, 0.15) is 52.4 Å². The molecule has 0 aromatic carbocycles. The Morgan fingerprint density at radius 2 is 1.78 bits per heavy atom. The van der Waals surface area contributed by atoms with Gasteiger partial charge in [-0.05, 0) is 67.8 Å². The minimum Gasteiger partial charge on any atom is -0.385 e. The second kappa shape index (κ2) is 4.76. The van der Waals surface area contributed by atoms with E-state index in [2.05, 4.69) is 6.92 Å². The number of Topliss-reactive ketones (excluding diaryl/α,β-unsaturated/α-hetero) is 1. The van der Waals surface area contributed by atoms with Crippen molar-refractivity contribution >= 4 is 11.6 Å². The molecule has 4 aliphatic carbocycles. The molecule has 23 heavy (non-hydrogen) atoms. The summed E-state index contributed by atoms with van der Waals surface area (Å²) in [4.78, 5) is 24.3. The molecule has 0 spiro atoms. The molecule has 4 nitrogen and oxygen atoms in total. The number of hydrogen-bond donors (Lipinski definition) is 2. The first-order valence-electron chi connectivity index (χ1n) is 8.93. The van der Waals surface area contributed by atoms with Gasteiger partial charge >= 0.3 is 0 Å². The molecule has 0 aromatic heterocycles. The Bertz CT molecular complexity index is 608. The van der Waals surface area contributed by atoms with Crippen LogP contribution in [0.25, 0.3) is 0 Å². The summed E-state index contributed by atoms with van der Waals surface area (Å²) in [6.07, 6.45) is 4.76. The molecule has 4 heteroatoms. The molecule has 126 valence electrons. The van der Waals surface area contributed by atoms with Crippen LogP contribution in [-0.2, 0) is 9.59 Å². The third-order valence-electron chi connectivity index (χ3n) is 7.73. The molecular weight excluding hydrogens is 292 g/mol. The van der Waals surface area contributed by atoms with Crippen molar-refractivity contribution in [1.29, 1.82) is 0 Å². The highest BCUT2D eigenvalue weighted by Gasteiger charge is 2.61. The molecule has 0 bridgehead atoms. The lowest BCUT2D eigenvalue weighted by molar-refractivity contribution is -0.138. The van der Waals surface area contributed by atoms with E-state index in [0.717, 1.165) is 25.7 Å². The standard InChI is InChI=1S/C19H26O4/c1-18-6-5-12-11(13(18)8-15(21)17(18)23)4-3-10-7-14(20)16(22)9-19(10,12)2/h7,11-13,15-16,21-22H,3-6,8-9H2,1-2H3/t11-,12+,13+,15+,16+,18+,19+/m1/s1. The third kappa shape index (κ3) is 1.91. The monoisotopic (exact) mass is 318 g/mol. The smallest absolute Gasteiger partial charge is 0.184 e. The minimum atomic E-state index is -0.883. The Kier molecular flexibility index (Phi) is 3.21. The van der Waals surface area contributed by atoms with Crippen molar-refractivity contribution in [3.63, 3.8) is 0 Å². The average Bonchev–Trinajstić information content (AvgIpc) is 2.73. The number of carbonyl (C=O) groups is 2. The van der Waals surface area contributed by atoms with Gasteiger partial charge in [0.25, 0.3) is 0 Å². The number of ketones is 2. The van der Waals surface area contributed by atoms with Crippen molar-refractivity contribution < 1.29 is 19.8 Å². The topological polar surface area (TPSA) is 74.6 Å². The Morgan fingerprint density at radius 3 is 2.52 bits per heavy atom. The largest absolute Gasteiger partial charge is 0.385 e. The van der Waals surface area contributed by atoms with Gasteiger partial charge in [-0.2, -0.15) is 0 Å². The van der Waals surface area contributed by atoms with E-state index in [1.807, 2.05) is 6.92 Å². The molecule has 4 aliphatic rings. The summed E-state index contributed by atoms with van der Waals surface area (Å²) in [6.45, 7) is 4.24. The lowest BCUT2D eigenvalue weighted by Gasteiger charge is -2.57. The summed E-state index contributed by atoms with van der Waals surface area (Å²) in [5.74, 6) is 0.949. The summed E-state index contributed by atoms with van der Waals surface area (Å²) < 4.78 is 0. The normalized spacial score (nSPS) is 52.5. The number of hydrogen-bond acceptors (Lipinski definition) is 4. The van der Waals surface area contributed by atoms with E-state index in [1.165, 1.54) is 5.57 Å². The van der Waals surface area contributed by atoms with Gasteiger partial charge in [0, 0.05) is 5.41 Å². The molecule has 3 fully saturated rings. The highest BCUT2D eigenvalue weighted by atomic mass is 16.3. The lowest BCUT2D eigenvalue weighted by Crippen LogP contribution is -2.52. The van der Waals surface area contributed by atoms with Crippen LogP contribution < -0.4 is 0 Å². The van der Waals surface area contributed by atoms with Gasteiger partial charge in [0.15, 0.2) is 11.6 Å². The number of carbonyl (C=O) groups excluding carboxylic acids is 2. The molecule has 0 aliphatic heterocycles. The van der Waals surface area contributed by atoms with Crippen LogP contribution in [0.4, 0.5) is 0 Å². The van der Waals surface area contributed by atoms with Gasteiger partial charge in [-0.15, -0.1) is 0 Å². The van der Waals surface area contributed by atoms with Crippen LogP contribution in [0.5, 0.6) is 0 Å². The molecule has 0 unspecified atom stereocenters. The Hall–Kier alpha value is -1.00. The Labute approximate surface area is 137 Å². The number of aliphatic hydroxyl groups is 2. The predicted octanol–water partition coefficient (Wildman–Crippen LogP) is 2.03. The van der Waals surface area contributed by atoms with Crippen LogP contribution in [-0.4, -0.2) is 34.0 Å². The predicted molar refractivity (Wildman–Crippen MR) is 84.5 cm³/mol. The van der Waals surface area contributed by atoms with Gasteiger partial charge in [0.05, 0.1) is 0 Å². The van der Waals surface area contributed by atoms with Crippen molar-refractivity contribution in [3.8, 4) is 0 Å². The highest BCUT2D eigenvalue weighted by molar-refractivity contribution is 5.95. The molecule has 0 radical (unpaired) electrons. The fourth-order valence-electron chi connectivity index (χ4n) is 6.41. The van der Waals surface area contributed by atoms with E-state index in [9.17, 15) is 19.8 Å². The van der Waals surface area contributed by atoms with Crippen LogP contribution in [0.3, 0.4) is 0 Å². The summed E-state index contributed by atoms with van der Waals surface area (Å²) in [7, 11) is 0. The number of rotatable bonds is 0. The van der Waals surface area contributed by atoms with Gasteiger partial charge < -0.3 is 10.2 Å². The van der Waals surface area contributed by atoms with Gasteiger partial charge in [0.1, 0.15) is 12.2 Å². The van der Waals surface area contributed by atoms with Gasteiger partial charge in [0.2, 0.25) is 0 Å². The van der Waals surface area contributed by atoms with E-state index in [4.69, 9.17) is 0 Å². The molecule has 0 heterocycles. The maximum absolute atomic E-state index is 12.4. The second-order valence-corrected chi connectivity index (χ2v) is 8.70. The van der Waals surface area contributed by atoms with Crippen molar-refractivity contribution in [2.24, 2.45) is 28.6 Å². The van der Waals surface area contributed by atoms with Gasteiger partial charge in [-0.3, -0.25) is 9.59 Å². The van der Waals surface area contributed by atoms with Crippen LogP contribution >= 0.6 is 0 Å². The molecule has 2 N–H and O–H groups in total. The van der Waals surface area contributed by atoms with Crippen LogP contribution in [0.2, 0.25) is 0 Å². The zero-order chi connectivity index (χ0) is 16.6. The molecular formula is C19H26O4. The highest BCUT2D eigenvalue weighted by Crippen LogP contribution is 2.64. The van der Waals surface area contributed by atoms with E-state index in [1.54, 1.807) is 6.08 Å². The molecule has 0 saturated heterocycles. The van der Waals surface area contributed by atoms with Gasteiger partial charge in [-0.25, -0.2) is 0 Å². The second-order valence-electron chi connectivity index (χ2n) is 8.70. The fourth-order valence-corrected chi connectivity index (χ4v) is 6.41. The van der Waals surface area contributed by atoms with E-state index in [-0.39, 0.29) is 28.3 Å². The third-order valence-corrected chi connectivity index (χ3v) is 7.73. The molecule has 4 rings (SSSR count). The number of aliphatic hydroxyl groups excluding tert-OH is 2. The van der Waals surface area contributed by atoms with Crippen molar-refractivity contribution in [2.75, 3.05) is 0 Å². The quantitative estimate of drug-likeness (QED) is 0.717. The zero-order valence-corrected chi connectivity index (χ0v) is 13.9. The Morgan fingerprint density at radius 1 is 1.04 bits per heavy atom. The molecule has 0 amide bonds. The maximum atomic E-state index is 12.4. The summed E-state index contributed by atoms with van der Waals surface area (Å²) in [5.41, 5.74) is 0.692. The zero-order valence-electron chi connectivity index (χ0n) is 13.9. The minimum absolute atomic E-state index is 0.0336. The lowest BCUT2D eigenvalue weighted by atomic mass is 9.47. The first-order valence-corrected chi connectivity index (χ1v) is 8.93. The van der Waals surface area contributed by atoms with E-state index in [0.29, 0.717) is 24.7 Å².